The number of anilines is 1. The van der Waals surface area contributed by atoms with E-state index < -0.39 is 33.8 Å². The van der Waals surface area contributed by atoms with Crippen molar-refractivity contribution in [1.82, 2.24) is 9.29 Å². The number of hydrogen-bond donors (Lipinski definition) is 1. The van der Waals surface area contributed by atoms with Crippen LogP contribution < -0.4 is 9.64 Å². The van der Waals surface area contributed by atoms with E-state index in [2.05, 4.69) is 4.98 Å². The number of aromatic amines is 1. The third-order valence-corrected chi connectivity index (χ3v) is 8.65. The number of benzene rings is 3. The van der Waals surface area contributed by atoms with Crippen LogP contribution in [0.25, 0.3) is 10.9 Å². The summed E-state index contributed by atoms with van der Waals surface area (Å²) in [5.41, 5.74) is 3.00. The first-order valence-corrected chi connectivity index (χ1v) is 13.9. The van der Waals surface area contributed by atoms with Crippen LogP contribution in [0.15, 0.2) is 83.9 Å². The van der Waals surface area contributed by atoms with Crippen LogP contribution >= 0.6 is 0 Å². The van der Waals surface area contributed by atoms with Gasteiger partial charge in [-0.2, -0.15) is 4.31 Å². The summed E-state index contributed by atoms with van der Waals surface area (Å²) < 4.78 is 33.9. The molecule has 1 saturated heterocycles. The summed E-state index contributed by atoms with van der Waals surface area (Å²) in [5, 5.41) is 0.966. The van der Waals surface area contributed by atoms with Crippen molar-refractivity contribution < 1.29 is 27.5 Å². The van der Waals surface area contributed by atoms with Gasteiger partial charge in [0, 0.05) is 30.6 Å². The van der Waals surface area contributed by atoms with Gasteiger partial charge in [0.05, 0.1) is 17.0 Å². The van der Waals surface area contributed by atoms with Crippen molar-refractivity contribution in [3.8, 4) is 5.75 Å². The number of hydrogen-bond acceptors (Lipinski definition) is 6. The summed E-state index contributed by atoms with van der Waals surface area (Å²) in [6, 6.07) is 18.8. The molecule has 5 rings (SSSR count). The van der Waals surface area contributed by atoms with Crippen LogP contribution in [0.2, 0.25) is 0 Å². The molecule has 0 radical (unpaired) electrons. The molecule has 4 aromatic rings. The van der Waals surface area contributed by atoms with Crippen LogP contribution in [-0.4, -0.2) is 48.1 Å². The van der Waals surface area contributed by atoms with E-state index in [4.69, 9.17) is 4.74 Å². The van der Waals surface area contributed by atoms with Crippen molar-refractivity contribution >= 4 is 44.4 Å². The van der Waals surface area contributed by atoms with Gasteiger partial charge in [-0.15, -0.1) is 0 Å². The van der Waals surface area contributed by atoms with Gasteiger partial charge in [-0.05, 0) is 61.4 Å². The van der Waals surface area contributed by atoms with E-state index in [0.717, 1.165) is 31.2 Å². The normalized spacial score (nSPS) is 15.9. The molecule has 0 bridgehead atoms. The van der Waals surface area contributed by atoms with E-state index in [-0.39, 0.29) is 29.3 Å². The zero-order valence-corrected chi connectivity index (χ0v) is 22.3. The van der Waals surface area contributed by atoms with Crippen LogP contribution in [0.1, 0.15) is 24.5 Å². The standard InChI is InChI=1S/C29H27N3O6S/c1-19-7-13-24(14-8-19)39(36,37)31(16-15-21-18-30-26-6-4-3-5-25(21)26)27-17-28(34)32(29(27)35)22-9-11-23(12-10-22)38-20(2)33/h3-14,18,27,30H,15-17H2,1-2H3. The molecule has 0 saturated carbocycles. The number of nitrogens with zero attached hydrogens (tertiary/aromatic N) is 2. The Morgan fingerprint density at radius 2 is 1.72 bits per heavy atom. The molecule has 2 heterocycles. The minimum Gasteiger partial charge on any atom is -0.427 e. The number of nitrogens with one attached hydrogen (secondary N) is 1. The Morgan fingerprint density at radius 1 is 1.03 bits per heavy atom. The molecule has 2 amide bonds. The average molecular weight is 546 g/mol. The van der Waals surface area contributed by atoms with E-state index in [1.165, 1.54) is 43.3 Å². The van der Waals surface area contributed by atoms with Crippen molar-refractivity contribution in [3.63, 3.8) is 0 Å². The lowest BCUT2D eigenvalue weighted by Gasteiger charge is -2.27. The average Bonchev–Trinajstić information content (AvgIpc) is 3.44. The number of para-hydroxylation sites is 1. The van der Waals surface area contributed by atoms with Gasteiger partial charge in [-0.25, -0.2) is 13.3 Å². The zero-order chi connectivity index (χ0) is 27.7. The lowest BCUT2D eigenvalue weighted by Crippen LogP contribution is -2.46. The maximum absolute atomic E-state index is 13.9. The lowest BCUT2D eigenvalue weighted by molar-refractivity contribution is -0.132. The van der Waals surface area contributed by atoms with Gasteiger partial charge < -0.3 is 9.72 Å². The van der Waals surface area contributed by atoms with Gasteiger partial charge in [0.15, 0.2) is 0 Å². The zero-order valence-electron chi connectivity index (χ0n) is 21.5. The van der Waals surface area contributed by atoms with Crippen molar-refractivity contribution in [2.75, 3.05) is 11.4 Å². The summed E-state index contributed by atoms with van der Waals surface area (Å²) in [6.45, 7) is 3.13. The SMILES string of the molecule is CC(=O)Oc1ccc(N2C(=O)CC(N(CCc3c[nH]c4ccccc34)S(=O)(=O)c3ccc(C)cc3)C2=O)cc1. The third kappa shape index (κ3) is 5.21. The maximum atomic E-state index is 13.9. The van der Waals surface area contributed by atoms with Crippen LogP contribution in [0.5, 0.6) is 5.75 Å². The number of esters is 1. The van der Waals surface area contributed by atoms with Gasteiger partial charge in [-0.1, -0.05) is 35.9 Å². The van der Waals surface area contributed by atoms with Gasteiger partial charge in [0.2, 0.25) is 15.9 Å². The second-order valence-corrected chi connectivity index (χ2v) is 11.3. The number of H-pyrrole nitrogens is 1. The summed E-state index contributed by atoms with van der Waals surface area (Å²) in [4.78, 5) is 42.2. The van der Waals surface area contributed by atoms with Crippen molar-refractivity contribution in [3.05, 3.63) is 90.1 Å². The number of carbonyl (C=O) groups is 3. The van der Waals surface area contributed by atoms with Gasteiger partial charge >= 0.3 is 5.97 Å². The number of rotatable bonds is 8. The molecule has 1 atom stereocenters. The quantitative estimate of drug-likeness (QED) is 0.203. The second kappa shape index (κ2) is 10.5. The molecule has 39 heavy (non-hydrogen) atoms. The van der Waals surface area contributed by atoms with Crippen LogP contribution in [-0.2, 0) is 30.8 Å². The molecule has 1 fully saturated rings. The Kier molecular flexibility index (Phi) is 7.07. The molecule has 9 nitrogen and oxygen atoms in total. The number of imide groups is 1. The number of ether oxygens (including phenoxy) is 1. The molecule has 0 aliphatic carbocycles. The molecular formula is C29H27N3O6S. The van der Waals surface area contributed by atoms with Gasteiger partial charge in [0.1, 0.15) is 11.8 Å². The minimum atomic E-state index is -4.12. The Morgan fingerprint density at radius 3 is 2.41 bits per heavy atom. The summed E-state index contributed by atoms with van der Waals surface area (Å²) >= 11 is 0. The number of aryl methyl sites for hydroxylation is 1. The predicted octanol–water partition coefficient (Wildman–Crippen LogP) is 3.97. The molecule has 1 N–H and O–H groups in total. The summed E-state index contributed by atoms with van der Waals surface area (Å²) in [6.07, 6.45) is 1.88. The highest BCUT2D eigenvalue weighted by Gasteiger charge is 2.46. The monoisotopic (exact) mass is 545 g/mol. The van der Waals surface area contributed by atoms with Crippen LogP contribution in [0.3, 0.4) is 0 Å². The highest BCUT2D eigenvalue weighted by Crippen LogP contribution is 2.31. The molecule has 200 valence electrons. The molecular weight excluding hydrogens is 518 g/mol. The topological polar surface area (TPSA) is 117 Å². The predicted molar refractivity (Wildman–Crippen MR) is 146 cm³/mol. The molecule has 10 heteroatoms. The van der Waals surface area contributed by atoms with E-state index in [1.54, 1.807) is 12.1 Å². The van der Waals surface area contributed by atoms with E-state index >= 15 is 0 Å². The molecule has 3 aromatic carbocycles. The van der Waals surface area contributed by atoms with Crippen LogP contribution in [0.4, 0.5) is 5.69 Å². The van der Waals surface area contributed by atoms with Crippen LogP contribution in [0, 0.1) is 6.92 Å². The fraction of sp³-hybridized carbons (Fsp3) is 0.207. The van der Waals surface area contributed by atoms with Crippen molar-refractivity contribution in [2.24, 2.45) is 0 Å². The first-order valence-electron chi connectivity index (χ1n) is 12.4. The Bertz CT molecular complexity index is 1660. The highest BCUT2D eigenvalue weighted by molar-refractivity contribution is 7.89. The Labute approximate surface area is 226 Å². The van der Waals surface area contributed by atoms with Crippen molar-refractivity contribution in [2.45, 2.75) is 37.6 Å². The Balaban J connectivity index is 1.47. The molecule has 1 aromatic heterocycles. The fourth-order valence-corrected chi connectivity index (χ4v) is 6.38. The number of amides is 2. The van der Waals surface area contributed by atoms with E-state index in [1.807, 2.05) is 37.4 Å². The Hall–Kier alpha value is -4.28. The van der Waals surface area contributed by atoms with Crippen molar-refractivity contribution in [1.29, 1.82) is 0 Å². The highest BCUT2D eigenvalue weighted by atomic mass is 32.2. The fourth-order valence-electron chi connectivity index (χ4n) is 4.80. The summed E-state index contributed by atoms with van der Waals surface area (Å²) in [5.74, 6) is -1.37. The second-order valence-electron chi connectivity index (χ2n) is 9.41. The molecule has 1 aliphatic heterocycles. The third-order valence-electron chi connectivity index (χ3n) is 6.73. The molecule has 1 aliphatic rings. The van der Waals surface area contributed by atoms with Gasteiger partial charge in [-0.3, -0.25) is 14.4 Å². The molecule has 0 spiro atoms. The number of fused-ring (bicyclic) bond motifs is 1. The largest absolute Gasteiger partial charge is 0.427 e. The van der Waals surface area contributed by atoms with E-state index in [9.17, 15) is 22.8 Å². The summed E-state index contributed by atoms with van der Waals surface area (Å²) in [7, 11) is -4.12. The number of sulfonamides is 1. The first-order chi connectivity index (χ1) is 18.6. The smallest absolute Gasteiger partial charge is 0.308 e. The lowest BCUT2D eigenvalue weighted by atomic mass is 10.1. The number of aromatic nitrogens is 1. The maximum Gasteiger partial charge on any atom is 0.308 e. The van der Waals surface area contributed by atoms with E-state index in [0.29, 0.717) is 6.42 Å². The minimum absolute atomic E-state index is 0.000966. The first kappa shape index (κ1) is 26.3. The molecule has 1 unspecified atom stereocenters. The number of carbonyl (C=O) groups excluding carboxylic acids is 3. The van der Waals surface area contributed by atoms with Gasteiger partial charge in [0.25, 0.3) is 5.91 Å².